The Balaban J connectivity index is 2.50. The number of ether oxygens (including phenoxy) is 1. The first-order valence-corrected chi connectivity index (χ1v) is 6.69. The summed E-state index contributed by atoms with van der Waals surface area (Å²) >= 11 is 3.53. The maximum atomic E-state index is 9.73. The van der Waals surface area contributed by atoms with Gasteiger partial charge in [0.25, 0.3) is 0 Å². The Bertz CT molecular complexity index is 414. The molecule has 2 rings (SSSR count). The third kappa shape index (κ3) is 2.16. The average Bonchev–Trinajstić information content (AvgIpc) is 2.79. The van der Waals surface area contributed by atoms with Gasteiger partial charge < -0.3 is 15.6 Å². The molecule has 0 spiro atoms. The minimum atomic E-state index is 0.0415. The van der Waals surface area contributed by atoms with Crippen LogP contribution in [0.3, 0.4) is 0 Å². The van der Waals surface area contributed by atoms with Gasteiger partial charge in [0.15, 0.2) is 11.5 Å². The Morgan fingerprint density at radius 2 is 2.06 bits per heavy atom. The van der Waals surface area contributed by atoms with E-state index in [1.165, 1.54) is 12.8 Å². The molecule has 1 aromatic rings. The molecule has 3 nitrogen and oxygen atoms in total. The lowest BCUT2D eigenvalue weighted by atomic mass is 9.79. The predicted octanol–water partition coefficient (Wildman–Crippen LogP) is 2.93. The molecule has 3 N–H and O–H groups in total. The van der Waals surface area contributed by atoms with Gasteiger partial charge in [-0.2, -0.15) is 0 Å². The van der Waals surface area contributed by atoms with Gasteiger partial charge in [-0.1, -0.05) is 28.8 Å². The molecule has 0 aliphatic heterocycles. The molecule has 4 heteroatoms. The van der Waals surface area contributed by atoms with Crippen LogP contribution in [0.4, 0.5) is 0 Å². The van der Waals surface area contributed by atoms with Gasteiger partial charge in [0.1, 0.15) is 0 Å². The topological polar surface area (TPSA) is 55.5 Å². The second-order valence-electron chi connectivity index (χ2n) is 4.70. The number of halogens is 1. The summed E-state index contributed by atoms with van der Waals surface area (Å²) in [4.78, 5) is 0. The Morgan fingerprint density at radius 1 is 1.41 bits per heavy atom. The number of hydrogen-bond donors (Lipinski definition) is 2. The second kappa shape index (κ2) is 4.86. The zero-order valence-corrected chi connectivity index (χ0v) is 11.6. The monoisotopic (exact) mass is 299 g/mol. The average molecular weight is 300 g/mol. The van der Waals surface area contributed by atoms with Crippen LogP contribution in [-0.2, 0) is 5.41 Å². The van der Waals surface area contributed by atoms with Crippen molar-refractivity contribution in [2.24, 2.45) is 5.73 Å². The highest BCUT2D eigenvalue weighted by atomic mass is 79.9. The molecule has 0 saturated heterocycles. The highest BCUT2D eigenvalue weighted by Gasteiger charge is 2.36. The van der Waals surface area contributed by atoms with E-state index in [0.29, 0.717) is 12.3 Å². The highest BCUT2D eigenvalue weighted by Crippen LogP contribution is 2.46. The summed E-state index contributed by atoms with van der Waals surface area (Å²) in [6, 6.07) is 3.61. The third-order valence-corrected chi connectivity index (χ3v) is 4.45. The van der Waals surface area contributed by atoms with Gasteiger partial charge in [-0.25, -0.2) is 0 Å². The highest BCUT2D eigenvalue weighted by molar-refractivity contribution is 9.10. The summed E-state index contributed by atoms with van der Waals surface area (Å²) in [6.07, 6.45) is 4.64. The van der Waals surface area contributed by atoms with Crippen molar-refractivity contribution in [3.05, 3.63) is 22.2 Å². The number of benzene rings is 1. The third-order valence-electron chi connectivity index (χ3n) is 3.79. The summed E-state index contributed by atoms with van der Waals surface area (Å²) in [5.74, 6) is 0.677. The molecule has 1 aliphatic rings. The van der Waals surface area contributed by atoms with Crippen molar-refractivity contribution in [3.63, 3.8) is 0 Å². The number of rotatable bonds is 3. The number of phenolic OH excluding ortho intramolecular Hbond substituents is 1. The number of hydrogen-bond acceptors (Lipinski definition) is 3. The molecule has 0 unspecified atom stereocenters. The van der Waals surface area contributed by atoms with E-state index in [1.54, 1.807) is 13.2 Å². The van der Waals surface area contributed by atoms with Gasteiger partial charge in [-0.15, -0.1) is 0 Å². The Labute approximate surface area is 110 Å². The summed E-state index contributed by atoms with van der Waals surface area (Å²) in [7, 11) is 1.57. The van der Waals surface area contributed by atoms with Crippen LogP contribution < -0.4 is 10.5 Å². The van der Waals surface area contributed by atoms with Gasteiger partial charge in [-0.3, -0.25) is 0 Å². The largest absolute Gasteiger partial charge is 0.504 e. The number of nitrogens with two attached hydrogens (primary N) is 1. The molecule has 94 valence electrons. The fourth-order valence-electron chi connectivity index (χ4n) is 2.75. The quantitative estimate of drug-likeness (QED) is 0.902. The molecule has 0 atom stereocenters. The summed E-state index contributed by atoms with van der Waals surface area (Å²) < 4.78 is 6.10. The molecule has 0 aromatic heterocycles. The molecule has 0 amide bonds. The van der Waals surface area contributed by atoms with E-state index in [2.05, 4.69) is 15.9 Å². The van der Waals surface area contributed by atoms with Gasteiger partial charge >= 0.3 is 0 Å². The molecular weight excluding hydrogens is 282 g/mol. The van der Waals surface area contributed by atoms with Gasteiger partial charge in [0.05, 0.1) is 7.11 Å². The fraction of sp³-hybridized carbons (Fsp3) is 0.538. The van der Waals surface area contributed by atoms with Crippen LogP contribution in [-0.4, -0.2) is 18.8 Å². The van der Waals surface area contributed by atoms with E-state index in [-0.39, 0.29) is 11.2 Å². The minimum absolute atomic E-state index is 0.0415. The lowest BCUT2D eigenvalue weighted by Crippen LogP contribution is -2.32. The molecule has 0 bridgehead atoms. The van der Waals surface area contributed by atoms with Crippen molar-refractivity contribution in [2.75, 3.05) is 13.7 Å². The van der Waals surface area contributed by atoms with Gasteiger partial charge in [0.2, 0.25) is 0 Å². The summed E-state index contributed by atoms with van der Waals surface area (Å²) in [5, 5.41) is 9.73. The summed E-state index contributed by atoms with van der Waals surface area (Å²) in [6.45, 7) is 0.638. The molecular formula is C13H18BrNO2. The van der Waals surface area contributed by atoms with Crippen LogP contribution in [0.1, 0.15) is 31.2 Å². The van der Waals surface area contributed by atoms with E-state index in [1.807, 2.05) is 6.07 Å². The van der Waals surface area contributed by atoms with E-state index in [0.717, 1.165) is 22.9 Å². The van der Waals surface area contributed by atoms with E-state index in [9.17, 15) is 5.11 Å². The van der Waals surface area contributed by atoms with Gasteiger partial charge in [0, 0.05) is 16.4 Å². The first-order chi connectivity index (χ1) is 8.13. The number of aromatic hydroxyl groups is 1. The van der Waals surface area contributed by atoms with Crippen LogP contribution in [0.5, 0.6) is 11.5 Å². The lowest BCUT2D eigenvalue weighted by molar-refractivity contribution is 0.369. The first kappa shape index (κ1) is 12.7. The van der Waals surface area contributed by atoms with Crippen molar-refractivity contribution in [2.45, 2.75) is 31.1 Å². The normalized spacial score (nSPS) is 18.3. The van der Waals surface area contributed by atoms with Crippen molar-refractivity contribution < 1.29 is 9.84 Å². The zero-order valence-electron chi connectivity index (χ0n) is 10.0. The first-order valence-electron chi connectivity index (χ1n) is 5.90. The number of phenols is 1. The maximum Gasteiger partial charge on any atom is 0.160 e. The Morgan fingerprint density at radius 3 is 2.59 bits per heavy atom. The molecule has 1 fully saturated rings. The van der Waals surface area contributed by atoms with E-state index >= 15 is 0 Å². The van der Waals surface area contributed by atoms with Crippen LogP contribution in [0, 0.1) is 0 Å². The van der Waals surface area contributed by atoms with Crippen molar-refractivity contribution >= 4 is 15.9 Å². The SMILES string of the molecule is COc1cc(C2(CN)CCCC2)c(Br)cc1O. The molecule has 0 heterocycles. The van der Waals surface area contributed by atoms with Crippen LogP contribution >= 0.6 is 15.9 Å². The molecule has 1 aromatic carbocycles. The van der Waals surface area contributed by atoms with E-state index < -0.39 is 0 Å². The minimum Gasteiger partial charge on any atom is -0.504 e. The number of methoxy groups -OCH3 is 1. The van der Waals surface area contributed by atoms with Gasteiger partial charge in [-0.05, 0) is 30.5 Å². The molecule has 1 aliphatic carbocycles. The van der Waals surface area contributed by atoms with Crippen molar-refractivity contribution in [1.82, 2.24) is 0 Å². The van der Waals surface area contributed by atoms with Crippen LogP contribution in [0.2, 0.25) is 0 Å². The maximum absolute atomic E-state index is 9.73. The fourth-order valence-corrected chi connectivity index (χ4v) is 3.50. The van der Waals surface area contributed by atoms with E-state index in [4.69, 9.17) is 10.5 Å². The molecule has 17 heavy (non-hydrogen) atoms. The smallest absolute Gasteiger partial charge is 0.160 e. The molecule has 1 saturated carbocycles. The van der Waals surface area contributed by atoms with Crippen molar-refractivity contribution in [3.8, 4) is 11.5 Å². The summed E-state index contributed by atoms with van der Waals surface area (Å²) in [5.41, 5.74) is 7.18. The Hall–Kier alpha value is -0.740. The van der Waals surface area contributed by atoms with Crippen LogP contribution in [0.15, 0.2) is 16.6 Å². The van der Waals surface area contributed by atoms with Crippen LogP contribution in [0.25, 0.3) is 0 Å². The second-order valence-corrected chi connectivity index (χ2v) is 5.55. The Kier molecular flexibility index (Phi) is 3.64. The molecule has 0 radical (unpaired) electrons. The zero-order chi connectivity index (χ0) is 12.5. The lowest BCUT2D eigenvalue weighted by Gasteiger charge is -2.29. The standard InChI is InChI=1S/C13H18BrNO2/c1-17-12-6-9(10(14)7-11(12)16)13(8-15)4-2-3-5-13/h6-7,16H,2-5,8,15H2,1H3. The predicted molar refractivity (Wildman–Crippen MR) is 71.6 cm³/mol. The van der Waals surface area contributed by atoms with Crippen molar-refractivity contribution in [1.29, 1.82) is 0 Å².